The van der Waals surface area contributed by atoms with Gasteiger partial charge in [0, 0.05) is 18.2 Å². The van der Waals surface area contributed by atoms with Crippen molar-refractivity contribution in [3.8, 4) is 0 Å². The van der Waals surface area contributed by atoms with Gasteiger partial charge >= 0.3 is 0 Å². The van der Waals surface area contributed by atoms with Crippen molar-refractivity contribution >= 4 is 5.91 Å². The van der Waals surface area contributed by atoms with Crippen LogP contribution >= 0.6 is 0 Å². The van der Waals surface area contributed by atoms with Crippen molar-refractivity contribution in [1.29, 1.82) is 0 Å². The van der Waals surface area contributed by atoms with Crippen LogP contribution in [0.5, 0.6) is 0 Å². The maximum absolute atomic E-state index is 12.8. The van der Waals surface area contributed by atoms with Crippen LogP contribution < -0.4 is 5.32 Å². The number of amides is 1. The molecular weight excluding hydrogens is 248 g/mol. The van der Waals surface area contributed by atoms with Gasteiger partial charge in [0.1, 0.15) is 0 Å². The van der Waals surface area contributed by atoms with Gasteiger partial charge < -0.3 is 10.2 Å². The number of hydrogen-bond donors (Lipinski definition) is 1. The lowest BCUT2D eigenvalue weighted by molar-refractivity contribution is 0.0656. The lowest BCUT2D eigenvalue weighted by Crippen LogP contribution is -2.46. The van der Waals surface area contributed by atoms with Gasteiger partial charge in [0.15, 0.2) is 0 Å². The fourth-order valence-electron chi connectivity index (χ4n) is 3.56. The Morgan fingerprint density at radius 1 is 1.25 bits per heavy atom. The van der Waals surface area contributed by atoms with Crippen molar-refractivity contribution in [1.82, 2.24) is 10.2 Å². The Morgan fingerprint density at radius 2 is 2.00 bits per heavy atom. The highest BCUT2D eigenvalue weighted by atomic mass is 16.2. The lowest BCUT2D eigenvalue weighted by Gasteiger charge is -2.34. The van der Waals surface area contributed by atoms with E-state index < -0.39 is 0 Å². The largest absolute Gasteiger partial charge is 0.336 e. The SMILES string of the molecule is CCN(C(=O)c1ccc2c(c1)CCC2)C1CCNCC1. The van der Waals surface area contributed by atoms with Gasteiger partial charge in [-0.25, -0.2) is 0 Å². The van der Waals surface area contributed by atoms with Crippen LogP contribution in [0.15, 0.2) is 18.2 Å². The van der Waals surface area contributed by atoms with Gasteiger partial charge in [-0.15, -0.1) is 0 Å². The zero-order valence-corrected chi connectivity index (χ0v) is 12.3. The number of rotatable bonds is 3. The minimum atomic E-state index is 0.217. The zero-order valence-electron chi connectivity index (χ0n) is 12.3. The molecule has 1 amide bonds. The van der Waals surface area contributed by atoms with Crippen LogP contribution in [0.2, 0.25) is 0 Å². The molecule has 1 aromatic carbocycles. The number of carbonyl (C=O) groups excluding carboxylic acids is 1. The first-order valence-corrected chi connectivity index (χ1v) is 7.93. The fraction of sp³-hybridized carbons (Fsp3) is 0.588. The van der Waals surface area contributed by atoms with Gasteiger partial charge in [0.25, 0.3) is 5.91 Å². The van der Waals surface area contributed by atoms with Gasteiger partial charge in [0.2, 0.25) is 0 Å². The average molecular weight is 272 g/mol. The summed E-state index contributed by atoms with van der Waals surface area (Å²) in [6.07, 6.45) is 5.69. The third kappa shape index (κ3) is 2.59. The maximum atomic E-state index is 12.8. The van der Waals surface area contributed by atoms with Gasteiger partial charge in [0.05, 0.1) is 0 Å². The molecule has 0 unspecified atom stereocenters. The van der Waals surface area contributed by atoms with E-state index in [1.807, 2.05) is 6.07 Å². The van der Waals surface area contributed by atoms with E-state index in [0.717, 1.165) is 44.5 Å². The van der Waals surface area contributed by atoms with E-state index in [1.54, 1.807) is 0 Å². The highest BCUT2D eigenvalue weighted by Gasteiger charge is 2.25. The Bertz CT molecular complexity index is 492. The molecule has 3 nitrogen and oxygen atoms in total. The summed E-state index contributed by atoms with van der Waals surface area (Å²) in [5.74, 6) is 0.217. The summed E-state index contributed by atoms with van der Waals surface area (Å²) in [6.45, 7) is 4.95. The number of fused-ring (bicyclic) bond motifs is 1. The molecule has 1 saturated heterocycles. The first kappa shape index (κ1) is 13.6. The predicted octanol–water partition coefficient (Wildman–Crippen LogP) is 2.39. The molecule has 0 spiro atoms. The molecule has 1 aliphatic heterocycles. The molecule has 1 aliphatic carbocycles. The maximum Gasteiger partial charge on any atom is 0.254 e. The van der Waals surface area contributed by atoms with Crippen molar-refractivity contribution in [2.75, 3.05) is 19.6 Å². The number of aryl methyl sites for hydroxylation is 2. The van der Waals surface area contributed by atoms with Crippen molar-refractivity contribution in [2.45, 2.75) is 45.1 Å². The van der Waals surface area contributed by atoms with E-state index >= 15 is 0 Å². The van der Waals surface area contributed by atoms with Crippen LogP contribution in [0, 0.1) is 0 Å². The number of carbonyl (C=O) groups is 1. The highest BCUT2D eigenvalue weighted by Crippen LogP contribution is 2.24. The Hall–Kier alpha value is -1.35. The first-order chi connectivity index (χ1) is 9.79. The van der Waals surface area contributed by atoms with Crippen molar-refractivity contribution in [3.05, 3.63) is 34.9 Å². The zero-order chi connectivity index (χ0) is 13.9. The second-order valence-electron chi connectivity index (χ2n) is 5.91. The molecule has 1 aromatic rings. The summed E-state index contributed by atoms with van der Waals surface area (Å²) in [5.41, 5.74) is 3.70. The summed E-state index contributed by atoms with van der Waals surface area (Å²) in [7, 11) is 0. The van der Waals surface area contributed by atoms with E-state index in [0.29, 0.717) is 6.04 Å². The topological polar surface area (TPSA) is 32.3 Å². The van der Waals surface area contributed by atoms with Gasteiger partial charge in [-0.1, -0.05) is 6.07 Å². The normalized spacial score (nSPS) is 18.9. The molecule has 0 radical (unpaired) electrons. The number of nitrogens with zero attached hydrogens (tertiary/aromatic N) is 1. The van der Waals surface area contributed by atoms with Crippen molar-refractivity contribution < 1.29 is 4.79 Å². The number of hydrogen-bond acceptors (Lipinski definition) is 2. The van der Waals surface area contributed by atoms with Gasteiger partial charge in [-0.05, 0) is 75.4 Å². The fourth-order valence-corrected chi connectivity index (χ4v) is 3.56. The van der Waals surface area contributed by atoms with E-state index in [-0.39, 0.29) is 5.91 Å². The molecule has 0 saturated carbocycles. The summed E-state index contributed by atoms with van der Waals surface area (Å²) in [4.78, 5) is 14.8. The first-order valence-electron chi connectivity index (χ1n) is 7.93. The Labute approximate surface area is 121 Å². The molecule has 0 bridgehead atoms. The molecule has 0 atom stereocenters. The van der Waals surface area contributed by atoms with Crippen LogP contribution in [-0.4, -0.2) is 36.5 Å². The van der Waals surface area contributed by atoms with Crippen LogP contribution in [0.25, 0.3) is 0 Å². The van der Waals surface area contributed by atoms with Crippen molar-refractivity contribution in [3.63, 3.8) is 0 Å². The molecular formula is C17H24N2O. The summed E-state index contributed by atoms with van der Waals surface area (Å²) >= 11 is 0. The molecule has 1 fully saturated rings. The molecule has 3 heteroatoms. The van der Waals surface area contributed by atoms with E-state index in [4.69, 9.17) is 0 Å². The predicted molar refractivity (Wildman–Crippen MR) is 81.1 cm³/mol. The average Bonchev–Trinajstić information content (AvgIpc) is 2.96. The van der Waals surface area contributed by atoms with Crippen LogP contribution in [0.1, 0.15) is 47.7 Å². The summed E-state index contributed by atoms with van der Waals surface area (Å²) < 4.78 is 0. The lowest BCUT2D eigenvalue weighted by atomic mass is 10.0. The van der Waals surface area contributed by atoms with Crippen LogP contribution in [0.3, 0.4) is 0 Å². The molecule has 1 N–H and O–H groups in total. The molecule has 1 heterocycles. The quantitative estimate of drug-likeness (QED) is 0.916. The van der Waals surface area contributed by atoms with Gasteiger partial charge in [-0.2, -0.15) is 0 Å². The third-order valence-electron chi connectivity index (χ3n) is 4.70. The molecule has 108 valence electrons. The minimum absolute atomic E-state index is 0.217. The monoisotopic (exact) mass is 272 g/mol. The molecule has 0 aromatic heterocycles. The molecule has 2 aliphatic rings. The Kier molecular flexibility index (Phi) is 4.06. The second-order valence-corrected chi connectivity index (χ2v) is 5.91. The van der Waals surface area contributed by atoms with Crippen LogP contribution in [0.4, 0.5) is 0 Å². The number of nitrogens with one attached hydrogen (secondary N) is 1. The summed E-state index contributed by atoms with van der Waals surface area (Å²) in [5, 5.41) is 3.37. The van der Waals surface area contributed by atoms with E-state index in [9.17, 15) is 4.79 Å². The highest BCUT2D eigenvalue weighted by molar-refractivity contribution is 5.94. The smallest absolute Gasteiger partial charge is 0.254 e. The number of benzene rings is 1. The Balaban J connectivity index is 1.79. The minimum Gasteiger partial charge on any atom is -0.336 e. The standard InChI is InChI=1S/C17H24N2O/c1-2-19(16-8-10-18-11-9-16)17(20)15-7-6-13-4-3-5-14(13)12-15/h6-7,12,16,18H,2-5,8-11H2,1H3. The molecule has 20 heavy (non-hydrogen) atoms. The molecule has 3 rings (SSSR count). The summed E-state index contributed by atoms with van der Waals surface area (Å²) in [6, 6.07) is 6.72. The van der Waals surface area contributed by atoms with Crippen LogP contribution in [-0.2, 0) is 12.8 Å². The Morgan fingerprint density at radius 3 is 2.75 bits per heavy atom. The van der Waals surface area contributed by atoms with E-state index in [1.165, 1.54) is 24.0 Å². The van der Waals surface area contributed by atoms with Gasteiger partial charge in [-0.3, -0.25) is 4.79 Å². The van der Waals surface area contributed by atoms with Crippen molar-refractivity contribution in [2.24, 2.45) is 0 Å². The third-order valence-corrected chi connectivity index (χ3v) is 4.70. The second kappa shape index (κ2) is 5.96. The van der Waals surface area contributed by atoms with E-state index in [2.05, 4.69) is 29.3 Å². The number of piperidine rings is 1.